The molecule has 0 radical (unpaired) electrons. The summed E-state index contributed by atoms with van der Waals surface area (Å²) in [6.07, 6.45) is 1.55. The number of aryl methyl sites for hydroxylation is 2. The van der Waals surface area contributed by atoms with E-state index in [9.17, 15) is 9.59 Å². The van der Waals surface area contributed by atoms with Crippen LogP contribution in [0.15, 0.2) is 39.5 Å². The van der Waals surface area contributed by atoms with Crippen molar-refractivity contribution in [1.82, 2.24) is 19.7 Å². The van der Waals surface area contributed by atoms with E-state index in [2.05, 4.69) is 36.3 Å². The Hall–Kier alpha value is -3.24. The first-order chi connectivity index (χ1) is 14.3. The average molecular weight is 490 g/mol. The van der Waals surface area contributed by atoms with Gasteiger partial charge >= 0.3 is 0 Å². The van der Waals surface area contributed by atoms with Crippen LogP contribution in [0.2, 0.25) is 5.02 Å². The van der Waals surface area contributed by atoms with Gasteiger partial charge < -0.3 is 15.5 Å². The van der Waals surface area contributed by atoms with Crippen molar-refractivity contribution in [2.45, 2.75) is 13.8 Å². The van der Waals surface area contributed by atoms with E-state index < -0.39 is 11.8 Å². The average Bonchev–Trinajstić information content (AvgIpc) is 3.26. The van der Waals surface area contributed by atoms with Crippen molar-refractivity contribution in [3.8, 4) is 5.82 Å². The Kier molecular flexibility index (Phi) is 5.04. The van der Waals surface area contributed by atoms with Gasteiger partial charge in [-0.2, -0.15) is 5.10 Å². The predicted molar refractivity (Wildman–Crippen MR) is 114 cm³/mol. The van der Waals surface area contributed by atoms with Crippen LogP contribution in [0.5, 0.6) is 0 Å². The molecule has 4 rings (SSSR count). The van der Waals surface area contributed by atoms with Crippen molar-refractivity contribution in [2.24, 2.45) is 5.73 Å². The lowest BCUT2D eigenvalue weighted by Gasteiger charge is -2.12. The van der Waals surface area contributed by atoms with E-state index in [1.165, 1.54) is 4.68 Å². The summed E-state index contributed by atoms with van der Waals surface area (Å²) < 4.78 is 7.30. The summed E-state index contributed by atoms with van der Waals surface area (Å²) in [4.78, 5) is 33.4. The van der Waals surface area contributed by atoms with Crippen LogP contribution in [0.4, 0.5) is 5.69 Å². The molecule has 0 aliphatic rings. The highest BCUT2D eigenvalue weighted by Crippen LogP contribution is 2.31. The van der Waals surface area contributed by atoms with Gasteiger partial charge in [0.1, 0.15) is 15.8 Å². The fraction of sp³-hybridized carbons (Fsp3) is 0.105. The second-order valence-electron chi connectivity index (χ2n) is 6.42. The minimum absolute atomic E-state index is 0.189. The van der Waals surface area contributed by atoms with Gasteiger partial charge in [-0.1, -0.05) is 11.6 Å². The lowest BCUT2D eigenvalue weighted by Crippen LogP contribution is -2.19. The second kappa shape index (κ2) is 7.54. The SMILES string of the molecule is Cc1nc2c(NC(=O)c3cc(Br)nn3-c3ncccc3Cl)c(C)cc(C(N)=O)c2o1. The summed E-state index contributed by atoms with van der Waals surface area (Å²) in [5.41, 5.74) is 7.36. The third kappa shape index (κ3) is 3.44. The Labute approximate surface area is 183 Å². The first-order valence-corrected chi connectivity index (χ1v) is 9.81. The Bertz CT molecular complexity index is 1330. The number of rotatable bonds is 4. The van der Waals surface area contributed by atoms with Crippen LogP contribution in [0.3, 0.4) is 0 Å². The van der Waals surface area contributed by atoms with E-state index in [-0.39, 0.29) is 16.8 Å². The minimum Gasteiger partial charge on any atom is -0.440 e. The standard InChI is InChI=1S/C19H14BrClN6O3/c1-8-6-10(17(22)28)16-15(24-9(2)30-16)14(8)25-19(29)12-7-13(20)26-27(12)18-11(21)4-3-5-23-18/h3-7H,1-2H3,(H2,22,28)(H,25,29). The van der Waals surface area contributed by atoms with E-state index in [1.807, 2.05) is 0 Å². The maximum atomic E-state index is 13.1. The minimum atomic E-state index is -0.649. The lowest BCUT2D eigenvalue weighted by atomic mass is 10.1. The monoisotopic (exact) mass is 488 g/mol. The van der Waals surface area contributed by atoms with E-state index in [1.54, 1.807) is 44.3 Å². The van der Waals surface area contributed by atoms with Crippen molar-refractivity contribution < 1.29 is 14.0 Å². The van der Waals surface area contributed by atoms with Gasteiger partial charge in [0.25, 0.3) is 11.8 Å². The summed E-state index contributed by atoms with van der Waals surface area (Å²) in [5.74, 6) is -0.490. The fourth-order valence-electron chi connectivity index (χ4n) is 3.05. The zero-order chi connectivity index (χ0) is 21.6. The van der Waals surface area contributed by atoms with Gasteiger partial charge in [-0.05, 0) is 46.6 Å². The van der Waals surface area contributed by atoms with Crippen LogP contribution in [0.1, 0.15) is 32.3 Å². The Morgan fingerprint density at radius 2 is 2.07 bits per heavy atom. The zero-order valence-electron chi connectivity index (χ0n) is 15.7. The molecule has 3 heterocycles. The number of oxazole rings is 1. The summed E-state index contributed by atoms with van der Waals surface area (Å²) in [7, 11) is 0. The molecular weight excluding hydrogens is 476 g/mol. The zero-order valence-corrected chi connectivity index (χ0v) is 18.1. The molecule has 0 bridgehead atoms. The van der Waals surface area contributed by atoms with Gasteiger partial charge in [-0.25, -0.2) is 14.6 Å². The summed E-state index contributed by atoms with van der Waals surface area (Å²) in [5, 5.41) is 7.42. The van der Waals surface area contributed by atoms with Crippen molar-refractivity contribution >= 4 is 56.1 Å². The van der Waals surface area contributed by atoms with E-state index in [0.29, 0.717) is 38.1 Å². The van der Waals surface area contributed by atoms with Crippen molar-refractivity contribution in [1.29, 1.82) is 0 Å². The molecule has 0 aliphatic carbocycles. The van der Waals surface area contributed by atoms with Gasteiger partial charge in [0.15, 0.2) is 17.3 Å². The number of amides is 2. The molecule has 0 atom stereocenters. The number of fused-ring (bicyclic) bond motifs is 1. The number of nitrogens with two attached hydrogens (primary N) is 1. The quantitative estimate of drug-likeness (QED) is 0.449. The van der Waals surface area contributed by atoms with Crippen LogP contribution < -0.4 is 11.1 Å². The molecule has 0 unspecified atom stereocenters. The Morgan fingerprint density at radius 1 is 1.30 bits per heavy atom. The molecule has 30 heavy (non-hydrogen) atoms. The summed E-state index contributed by atoms with van der Waals surface area (Å²) in [6.45, 7) is 3.37. The third-order valence-electron chi connectivity index (χ3n) is 4.33. The molecule has 2 amide bonds. The van der Waals surface area contributed by atoms with Crippen molar-refractivity contribution in [2.75, 3.05) is 5.32 Å². The number of nitrogens with one attached hydrogen (secondary N) is 1. The van der Waals surface area contributed by atoms with Crippen molar-refractivity contribution in [3.05, 3.63) is 62.8 Å². The van der Waals surface area contributed by atoms with E-state index >= 15 is 0 Å². The van der Waals surface area contributed by atoms with Gasteiger partial charge in [0, 0.05) is 19.2 Å². The predicted octanol–water partition coefficient (Wildman–Crippen LogP) is 3.79. The number of hydrogen-bond acceptors (Lipinski definition) is 6. The number of pyridine rings is 1. The molecule has 4 aromatic rings. The first-order valence-electron chi connectivity index (χ1n) is 8.64. The molecular formula is C19H14BrClN6O3. The second-order valence-corrected chi connectivity index (χ2v) is 7.64. The molecule has 0 spiro atoms. The van der Waals surface area contributed by atoms with E-state index in [0.717, 1.165) is 0 Å². The van der Waals surface area contributed by atoms with Crippen LogP contribution in [0.25, 0.3) is 16.9 Å². The number of primary amides is 1. The molecule has 0 saturated carbocycles. The van der Waals surface area contributed by atoms with Crippen LogP contribution in [-0.4, -0.2) is 31.6 Å². The van der Waals surface area contributed by atoms with Crippen molar-refractivity contribution in [3.63, 3.8) is 0 Å². The highest BCUT2D eigenvalue weighted by Gasteiger charge is 2.23. The third-order valence-corrected chi connectivity index (χ3v) is 5.01. The number of carbonyl (C=O) groups is 2. The summed E-state index contributed by atoms with van der Waals surface area (Å²) >= 11 is 9.50. The molecule has 9 nitrogen and oxygen atoms in total. The largest absolute Gasteiger partial charge is 0.440 e. The number of benzene rings is 1. The van der Waals surface area contributed by atoms with Crippen LogP contribution in [-0.2, 0) is 0 Å². The Balaban J connectivity index is 1.81. The molecule has 0 saturated heterocycles. The van der Waals surface area contributed by atoms with Gasteiger partial charge in [-0.3, -0.25) is 9.59 Å². The molecule has 3 aromatic heterocycles. The highest BCUT2D eigenvalue weighted by molar-refractivity contribution is 9.10. The maximum absolute atomic E-state index is 13.1. The molecule has 152 valence electrons. The fourth-order valence-corrected chi connectivity index (χ4v) is 3.62. The first kappa shape index (κ1) is 20.0. The van der Waals surface area contributed by atoms with Gasteiger partial charge in [0.05, 0.1) is 16.3 Å². The topological polar surface area (TPSA) is 129 Å². The maximum Gasteiger partial charge on any atom is 0.274 e. The highest BCUT2D eigenvalue weighted by atomic mass is 79.9. The number of aromatic nitrogens is 4. The van der Waals surface area contributed by atoms with Gasteiger partial charge in [0.2, 0.25) is 0 Å². The molecule has 0 fully saturated rings. The number of carbonyl (C=O) groups excluding carboxylic acids is 2. The molecule has 3 N–H and O–H groups in total. The normalized spacial score (nSPS) is 11.1. The number of hydrogen-bond donors (Lipinski definition) is 2. The number of anilines is 1. The number of halogens is 2. The molecule has 0 aliphatic heterocycles. The summed E-state index contributed by atoms with van der Waals surface area (Å²) in [6, 6.07) is 6.42. The molecule has 1 aromatic carbocycles. The lowest BCUT2D eigenvalue weighted by molar-refractivity contribution is 0.0998. The molecule has 11 heteroatoms. The van der Waals surface area contributed by atoms with E-state index in [4.69, 9.17) is 21.8 Å². The number of nitrogens with zero attached hydrogens (tertiary/aromatic N) is 4. The smallest absolute Gasteiger partial charge is 0.274 e. The van der Waals surface area contributed by atoms with Crippen LogP contribution >= 0.6 is 27.5 Å². The Morgan fingerprint density at radius 3 is 2.77 bits per heavy atom. The van der Waals surface area contributed by atoms with Crippen LogP contribution in [0, 0.1) is 13.8 Å². The van der Waals surface area contributed by atoms with Gasteiger partial charge in [-0.15, -0.1) is 0 Å².